The number of nitrogens with zero attached hydrogens (tertiary/aromatic N) is 4. The molecule has 1 aliphatic rings. The van der Waals surface area contributed by atoms with Gasteiger partial charge in [-0.1, -0.05) is 18.6 Å². The molecule has 3 aromatic rings. The van der Waals surface area contributed by atoms with Crippen molar-refractivity contribution in [1.29, 1.82) is 0 Å². The van der Waals surface area contributed by atoms with Crippen LogP contribution in [0.1, 0.15) is 43.3 Å². The van der Waals surface area contributed by atoms with Crippen LogP contribution in [0.15, 0.2) is 35.1 Å². The maximum absolute atomic E-state index is 13.3. The number of anilines is 1. The molecule has 1 aromatic carbocycles. The molecule has 0 bridgehead atoms. The Kier molecular flexibility index (Phi) is 5.26. The van der Waals surface area contributed by atoms with E-state index in [9.17, 15) is 9.59 Å². The van der Waals surface area contributed by atoms with Gasteiger partial charge in [0.2, 0.25) is 5.91 Å². The zero-order valence-corrected chi connectivity index (χ0v) is 17.4. The lowest BCUT2D eigenvalue weighted by atomic mass is 10.2. The summed E-state index contributed by atoms with van der Waals surface area (Å²) in [5, 5.41) is 0. The van der Waals surface area contributed by atoms with Crippen LogP contribution < -0.4 is 10.5 Å². The molecular weight excluding hydrogens is 364 g/mol. The third-order valence-corrected chi connectivity index (χ3v) is 5.80. The maximum Gasteiger partial charge on any atom is 0.278 e. The Labute approximate surface area is 170 Å². The molecule has 0 unspecified atom stereocenters. The number of aromatic nitrogens is 3. The van der Waals surface area contributed by atoms with Gasteiger partial charge in [-0.05, 0) is 57.4 Å². The van der Waals surface area contributed by atoms with E-state index < -0.39 is 0 Å². The van der Waals surface area contributed by atoms with Crippen molar-refractivity contribution >= 4 is 22.6 Å². The molecule has 0 spiro atoms. The predicted molar refractivity (Wildman–Crippen MR) is 115 cm³/mol. The lowest BCUT2D eigenvalue weighted by Gasteiger charge is -2.22. The van der Waals surface area contributed by atoms with Crippen LogP contribution in [-0.2, 0) is 24.3 Å². The summed E-state index contributed by atoms with van der Waals surface area (Å²) in [4.78, 5) is 33.0. The summed E-state index contributed by atoms with van der Waals surface area (Å²) in [5.41, 5.74) is 4.11. The summed E-state index contributed by atoms with van der Waals surface area (Å²) in [6.45, 7) is 7.34. The molecule has 152 valence electrons. The highest BCUT2D eigenvalue weighted by atomic mass is 16.2. The number of fused-ring (bicyclic) bond motifs is 2. The van der Waals surface area contributed by atoms with E-state index >= 15 is 0 Å². The van der Waals surface area contributed by atoms with E-state index in [1.807, 2.05) is 60.2 Å². The van der Waals surface area contributed by atoms with Crippen molar-refractivity contribution in [2.24, 2.45) is 0 Å². The summed E-state index contributed by atoms with van der Waals surface area (Å²) in [7, 11) is 0. The first-order valence-electron chi connectivity index (χ1n) is 10.5. The number of hydrogen-bond donors (Lipinski definition) is 0. The minimum Gasteiger partial charge on any atom is -0.330 e. The zero-order chi connectivity index (χ0) is 20.5. The van der Waals surface area contributed by atoms with Gasteiger partial charge in [-0.25, -0.2) is 4.98 Å². The Bertz CT molecular complexity index is 1130. The zero-order valence-electron chi connectivity index (χ0n) is 17.4. The summed E-state index contributed by atoms with van der Waals surface area (Å²) < 4.78 is 3.65. The molecule has 29 heavy (non-hydrogen) atoms. The number of carbonyl (C=O) groups excluding carboxylic acids is 1. The first kappa shape index (κ1) is 19.4. The van der Waals surface area contributed by atoms with Crippen LogP contribution in [0.2, 0.25) is 0 Å². The first-order chi connectivity index (χ1) is 14.0. The minimum atomic E-state index is -0.0296. The third-order valence-electron chi connectivity index (χ3n) is 5.80. The van der Waals surface area contributed by atoms with Crippen LogP contribution in [0.4, 0.5) is 5.69 Å². The van der Waals surface area contributed by atoms with E-state index in [4.69, 9.17) is 4.98 Å². The number of carbonyl (C=O) groups is 1. The summed E-state index contributed by atoms with van der Waals surface area (Å²) in [6, 6.07) is 9.87. The van der Waals surface area contributed by atoms with Gasteiger partial charge in [0.1, 0.15) is 17.9 Å². The highest BCUT2D eigenvalue weighted by Gasteiger charge is 2.21. The number of benzene rings is 1. The second-order valence-corrected chi connectivity index (χ2v) is 7.88. The molecular formula is C23H28N4O2. The second-order valence-electron chi connectivity index (χ2n) is 7.88. The van der Waals surface area contributed by atoms with Crippen molar-refractivity contribution in [3.8, 4) is 0 Å². The Balaban J connectivity index is 1.74. The molecule has 0 saturated carbocycles. The second kappa shape index (κ2) is 7.85. The fourth-order valence-electron chi connectivity index (χ4n) is 4.29. The average Bonchev–Trinajstić information content (AvgIpc) is 2.85. The largest absolute Gasteiger partial charge is 0.330 e. The van der Waals surface area contributed by atoms with Crippen molar-refractivity contribution in [3.63, 3.8) is 0 Å². The van der Waals surface area contributed by atoms with Gasteiger partial charge in [-0.2, -0.15) is 0 Å². The molecule has 0 radical (unpaired) electrons. The fourth-order valence-corrected chi connectivity index (χ4v) is 4.29. The quantitative estimate of drug-likeness (QED) is 0.682. The molecule has 0 fully saturated rings. The van der Waals surface area contributed by atoms with Crippen molar-refractivity contribution in [3.05, 3.63) is 57.8 Å². The van der Waals surface area contributed by atoms with Crippen LogP contribution in [0.3, 0.4) is 0 Å². The van der Waals surface area contributed by atoms with Crippen LogP contribution in [0.25, 0.3) is 11.0 Å². The lowest BCUT2D eigenvalue weighted by molar-refractivity contribution is -0.119. The topological polar surface area (TPSA) is 60.1 Å². The third kappa shape index (κ3) is 3.59. The van der Waals surface area contributed by atoms with Crippen LogP contribution in [0, 0.1) is 13.8 Å². The standard InChI is InChI=1S/C23H28N4O2/c1-4-25(18-10-8-9-16(2)13-18)21(28)15-27-17(3)14-19-22(27)23(29)26-12-7-5-6-11-20(26)24-19/h8-10,13-14H,4-7,11-12,15H2,1-3H3. The number of aryl methyl sites for hydroxylation is 3. The molecule has 0 aliphatic carbocycles. The van der Waals surface area contributed by atoms with Crippen LogP contribution in [0.5, 0.6) is 0 Å². The van der Waals surface area contributed by atoms with Gasteiger partial charge < -0.3 is 9.47 Å². The summed E-state index contributed by atoms with van der Waals surface area (Å²) in [5.74, 6) is 0.844. The smallest absolute Gasteiger partial charge is 0.278 e. The molecule has 2 aromatic heterocycles. The van der Waals surface area contributed by atoms with Gasteiger partial charge in [0.05, 0.1) is 5.52 Å². The summed E-state index contributed by atoms with van der Waals surface area (Å²) in [6.07, 6.45) is 4.02. The molecule has 0 atom stereocenters. The minimum absolute atomic E-state index is 0.0218. The van der Waals surface area contributed by atoms with Crippen molar-refractivity contribution in [2.75, 3.05) is 11.4 Å². The highest BCUT2D eigenvalue weighted by molar-refractivity contribution is 5.94. The van der Waals surface area contributed by atoms with E-state index in [0.29, 0.717) is 24.1 Å². The number of likely N-dealkylation sites (N-methyl/N-ethyl adjacent to an activating group) is 1. The van der Waals surface area contributed by atoms with E-state index in [2.05, 4.69) is 0 Å². The number of hydrogen-bond acceptors (Lipinski definition) is 3. The Morgan fingerprint density at radius 3 is 2.76 bits per heavy atom. The first-order valence-corrected chi connectivity index (χ1v) is 10.5. The van der Waals surface area contributed by atoms with Gasteiger partial charge in [-0.15, -0.1) is 0 Å². The lowest BCUT2D eigenvalue weighted by Crippen LogP contribution is -2.35. The van der Waals surface area contributed by atoms with E-state index in [-0.39, 0.29) is 18.0 Å². The molecule has 1 amide bonds. The fraction of sp³-hybridized carbons (Fsp3) is 0.435. The van der Waals surface area contributed by atoms with E-state index in [1.165, 1.54) is 0 Å². The number of amides is 1. The normalized spacial score (nSPS) is 13.9. The van der Waals surface area contributed by atoms with Crippen LogP contribution in [-0.4, -0.2) is 26.6 Å². The maximum atomic E-state index is 13.3. The average molecular weight is 393 g/mol. The monoisotopic (exact) mass is 392 g/mol. The molecule has 0 N–H and O–H groups in total. The molecule has 6 nitrogen and oxygen atoms in total. The Hall–Kier alpha value is -2.89. The van der Waals surface area contributed by atoms with Gasteiger partial charge in [-0.3, -0.25) is 14.2 Å². The van der Waals surface area contributed by atoms with E-state index in [0.717, 1.165) is 48.5 Å². The Morgan fingerprint density at radius 2 is 2.00 bits per heavy atom. The Morgan fingerprint density at radius 1 is 1.17 bits per heavy atom. The molecule has 0 saturated heterocycles. The molecule has 4 rings (SSSR count). The molecule has 3 heterocycles. The SMILES string of the molecule is CCN(C(=O)Cn1c(C)cc2nc3n(c(=O)c21)CCCCC3)c1cccc(C)c1. The van der Waals surface area contributed by atoms with Gasteiger partial charge in [0.25, 0.3) is 5.56 Å². The summed E-state index contributed by atoms with van der Waals surface area (Å²) >= 11 is 0. The van der Waals surface area contributed by atoms with Gasteiger partial charge in [0.15, 0.2) is 0 Å². The van der Waals surface area contributed by atoms with E-state index in [1.54, 1.807) is 4.90 Å². The van der Waals surface area contributed by atoms with Crippen molar-refractivity contribution < 1.29 is 4.79 Å². The highest BCUT2D eigenvalue weighted by Crippen LogP contribution is 2.21. The number of rotatable bonds is 4. The van der Waals surface area contributed by atoms with Crippen LogP contribution >= 0.6 is 0 Å². The van der Waals surface area contributed by atoms with Gasteiger partial charge >= 0.3 is 0 Å². The van der Waals surface area contributed by atoms with Crippen molar-refractivity contribution in [1.82, 2.24) is 14.1 Å². The van der Waals surface area contributed by atoms with Gasteiger partial charge in [0, 0.05) is 30.9 Å². The predicted octanol–water partition coefficient (Wildman–Crippen LogP) is 3.59. The van der Waals surface area contributed by atoms with Crippen molar-refractivity contribution in [2.45, 2.75) is 59.5 Å². The molecule has 6 heteroatoms. The molecule has 1 aliphatic heterocycles.